The number of aromatic carboxylic acids is 4. The van der Waals surface area contributed by atoms with Crippen LogP contribution in [0.3, 0.4) is 0 Å². The number of carbonyl (C=O) groups is 4. The van der Waals surface area contributed by atoms with E-state index in [1.165, 1.54) is 12.1 Å². The second-order valence-electron chi connectivity index (χ2n) is 7.34. The molecule has 0 fully saturated rings. The van der Waals surface area contributed by atoms with E-state index in [4.69, 9.17) is 0 Å². The first-order chi connectivity index (χ1) is 15.2. The molecule has 9 heteroatoms. The number of hydrogen-bond acceptors (Lipinski definition) is 4. The summed E-state index contributed by atoms with van der Waals surface area (Å²) in [6.45, 7) is 0. The van der Waals surface area contributed by atoms with Gasteiger partial charge in [0.1, 0.15) is 0 Å². The summed E-state index contributed by atoms with van der Waals surface area (Å²) in [5, 5.41) is 42.3. The fourth-order valence-electron chi connectivity index (χ4n) is 4.71. The van der Waals surface area contributed by atoms with Gasteiger partial charge in [0.05, 0.1) is 22.3 Å². The molecule has 8 nitrogen and oxygen atoms in total. The van der Waals surface area contributed by atoms with E-state index in [2.05, 4.69) is 0 Å². The van der Waals surface area contributed by atoms with Gasteiger partial charge in [0.2, 0.25) is 0 Å². The summed E-state index contributed by atoms with van der Waals surface area (Å²) in [6, 6.07) is 13.2. The van der Waals surface area contributed by atoms with E-state index in [1.54, 1.807) is 24.3 Å². The molecule has 4 N–H and O–H groups in total. The van der Waals surface area contributed by atoms with Crippen LogP contribution in [-0.4, -0.2) is 44.3 Å². The number of benzene rings is 5. The standard InChI is InChI=1S/C24H12O8.Cu/c25-21(26)13-8-7-11-10-5-1-3-9-4-2-6-12(14(9)10)16-15(11)17(13)19(23(29)30)20(24(31)32)18(16)22(27)28;/h1-8H,(H,25,26)(H,27,28)(H,29,30)(H,31,32);. The Bertz CT molecular complexity index is 1680. The molecule has 0 aliphatic carbocycles. The molecule has 33 heavy (non-hydrogen) atoms. The monoisotopic (exact) mass is 491 g/mol. The van der Waals surface area contributed by atoms with Gasteiger partial charge in [0, 0.05) is 33.2 Å². The van der Waals surface area contributed by atoms with Gasteiger partial charge in [-0.05, 0) is 33.0 Å². The molecule has 0 amide bonds. The molecule has 0 heterocycles. The SMILES string of the molecule is O=C(O)c1c(C(=O)O)c2c(C(=O)O)ccc3c4cccc5cccc(c(c1C(=O)O)c23)c54.[Cu]. The smallest absolute Gasteiger partial charge is 0.337 e. The maximum absolute atomic E-state index is 12.3. The van der Waals surface area contributed by atoms with E-state index in [-0.39, 0.29) is 33.2 Å². The summed E-state index contributed by atoms with van der Waals surface area (Å²) in [5.74, 6) is -6.58. The van der Waals surface area contributed by atoms with Gasteiger partial charge >= 0.3 is 23.9 Å². The van der Waals surface area contributed by atoms with Crippen molar-refractivity contribution in [1.82, 2.24) is 0 Å². The van der Waals surface area contributed by atoms with Gasteiger partial charge in [-0.25, -0.2) is 19.2 Å². The van der Waals surface area contributed by atoms with Crippen molar-refractivity contribution in [1.29, 1.82) is 0 Å². The van der Waals surface area contributed by atoms with Crippen molar-refractivity contribution in [2.45, 2.75) is 0 Å². The Morgan fingerprint density at radius 3 is 1.55 bits per heavy atom. The Morgan fingerprint density at radius 1 is 0.485 bits per heavy atom. The first-order valence-electron chi connectivity index (χ1n) is 9.36. The van der Waals surface area contributed by atoms with Crippen LogP contribution in [0.1, 0.15) is 41.4 Å². The van der Waals surface area contributed by atoms with E-state index in [0.717, 1.165) is 5.39 Å². The van der Waals surface area contributed by atoms with Crippen molar-refractivity contribution in [3.8, 4) is 0 Å². The Hall–Kier alpha value is -4.20. The van der Waals surface area contributed by atoms with E-state index in [1.807, 2.05) is 12.1 Å². The number of carboxylic acids is 4. The Kier molecular flexibility index (Phi) is 4.96. The molecule has 5 aromatic carbocycles. The molecule has 1 radical (unpaired) electrons. The minimum absolute atomic E-state index is 0. The fourth-order valence-corrected chi connectivity index (χ4v) is 4.71. The number of rotatable bonds is 4. The topological polar surface area (TPSA) is 149 Å². The van der Waals surface area contributed by atoms with E-state index >= 15 is 0 Å². The molecule has 0 spiro atoms. The van der Waals surface area contributed by atoms with Crippen molar-refractivity contribution in [3.05, 3.63) is 70.8 Å². The molecule has 0 aromatic heterocycles. The van der Waals surface area contributed by atoms with Crippen LogP contribution in [0.4, 0.5) is 0 Å². The molecule has 5 rings (SSSR count). The van der Waals surface area contributed by atoms with Crippen molar-refractivity contribution >= 4 is 67.0 Å². The largest absolute Gasteiger partial charge is 0.478 e. The number of carboxylic acid groups (broad SMARTS) is 4. The normalized spacial score (nSPS) is 11.2. The molecule has 5 aromatic rings. The molecule has 0 saturated carbocycles. The second kappa shape index (κ2) is 7.44. The van der Waals surface area contributed by atoms with Gasteiger partial charge in [0.25, 0.3) is 0 Å². The summed E-state index contributed by atoms with van der Waals surface area (Å²) >= 11 is 0. The maximum atomic E-state index is 12.3. The van der Waals surface area contributed by atoms with Crippen LogP contribution < -0.4 is 0 Å². The summed E-state index contributed by atoms with van der Waals surface area (Å²) in [4.78, 5) is 48.7. The third kappa shape index (κ3) is 2.83. The predicted octanol–water partition coefficient (Wildman–Crippen LogP) is 4.53. The summed E-state index contributed by atoms with van der Waals surface area (Å²) in [7, 11) is 0. The van der Waals surface area contributed by atoms with E-state index in [0.29, 0.717) is 21.5 Å². The van der Waals surface area contributed by atoms with Crippen molar-refractivity contribution in [2.75, 3.05) is 0 Å². The summed E-state index contributed by atoms with van der Waals surface area (Å²) in [5.41, 5.74) is -2.93. The van der Waals surface area contributed by atoms with Crippen molar-refractivity contribution in [2.24, 2.45) is 0 Å². The maximum Gasteiger partial charge on any atom is 0.337 e. The zero-order valence-corrected chi connectivity index (χ0v) is 17.3. The molecule has 0 saturated heterocycles. The third-order valence-electron chi connectivity index (χ3n) is 5.79. The van der Waals surface area contributed by atoms with Gasteiger partial charge in [-0.15, -0.1) is 0 Å². The number of fused-ring (bicyclic) bond motifs is 2. The van der Waals surface area contributed by atoms with Gasteiger partial charge in [-0.1, -0.05) is 42.5 Å². The van der Waals surface area contributed by atoms with Crippen LogP contribution in [0.25, 0.3) is 43.1 Å². The van der Waals surface area contributed by atoms with Crippen LogP contribution in [0.5, 0.6) is 0 Å². The van der Waals surface area contributed by atoms with Crippen LogP contribution in [0, 0.1) is 0 Å². The molecule has 0 atom stereocenters. The zero-order chi connectivity index (χ0) is 22.9. The van der Waals surface area contributed by atoms with E-state index < -0.39 is 46.1 Å². The second-order valence-corrected chi connectivity index (χ2v) is 7.34. The van der Waals surface area contributed by atoms with Gasteiger partial charge < -0.3 is 20.4 Å². The van der Waals surface area contributed by atoms with E-state index in [9.17, 15) is 39.6 Å². The minimum Gasteiger partial charge on any atom is -0.478 e. The molecule has 0 aliphatic rings. The minimum atomic E-state index is -1.77. The van der Waals surface area contributed by atoms with Crippen molar-refractivity contribution in [3.63, 3.8) is 0 Å². The average Bonchev–Trinajstić information content (AvgIpc) is 2.75. The van der Waals surface area contributed by atoms with Crippen LogP contribution in [0.15, 0.2) is 48.5 Å². The average molecular weight is 492 g/mol. The molecular formula is C24H12CuO8. The van der Waals surface area contributed by atoms with Crippen LogP contribution >= 0.6 is 0 Å². The van der Waals surface area contributed by atoms with Crippen LogP contribution in [-0.2, 0) is 17.1 Å². The quantitative estimate of drug-likeness (QED) is 0.163. The molecule has 0 unspecified atom stereocenters. The van der Waals surface area contributed by atoms with Crippen LogP contribution in [0.2, 0.25) is 0 Å². The first kappa shape index (κ1) is 22.0. The molecular weight excluding hydrogens is 480 g/mol. The molecule has 167 valence electrons. The predicted molar refractivity (Wildman–Crippen MR) is 115 cm³/mol. The van der Waals surface area contributed by atoms with Gasteiger partial charge in [-0.3, -0.25) is 0 Å². The summed E-state index contributed by atoms with van der Waals surface area (Å²) < 4.78 is 0. The fraction of sp³-hybridized carbons (Fsp3) is 0. The Labute approximate surface area is 194 Å². The molecule has 0 bridgehead atoms. The Morgan fingerprint density at radius 2 is 1.00 bits per heavy atom. The number of hydrogen-bond donors (Lipinski definition) is 4. The van der Waals surface area contributed by atoms with Gasteiger partial charge in [0.15, 0.2) is 0 Å². The zero-order valence-electron chi connectivity index (χ0n) is 16.3. The first-order valence-corrected chi connectivity index (χ1v) is 9.36. The summed E-state index contributed by atoms with van der Waals surface area (Å²) in [6.07, 6.45) is 0. The Balaban J connectivity index is 0.00000259. The third-order valence-corrected chi connectivity index (χ3v) is 5.79. The van der Waals surface area contributed by atoms with Gasteiger partial charge in [-0.2, -0.15) is 0 Å². The molecule has 0 aliphatic heterocycles. The van der Waals surface area contributed by atoms with Crippen molar-refractivity contribution < 1.29 is 56.7 Å².